The summed E-state index contributed by atoms with van der Waals surface area (Å²) in [5.74, 6) is -0.574. The highest BCUT2D eigenvalue weighted by atomic mass is 127. The van der Waals surface area contributed by atoms with E-state index in [1.807, 2.05) is 0 Å². The van der Waals surface area contributed by atoms with Crippen molar-refractivity contribution in [2.24, 2.45) is 0 Å². The van der Waals surface area contributed by atoms with Gasteiger partial charge in [-0.15, -0.1) is 0 Å². The number of halogens is 4. The molecule has 0 aliphatic heterocycles. The molecule has 0 fully saturated rings. The molecule has 18 heavy (non-hydrogen) atoms. The van der Waals surface area contributed by atoms with Gasteiger partial charge in [-0.2, -0.15) is 0 Å². The highest BCUT2D eigenvalue weighted by Crippen LogP contribution is 2.23. The van der Waals surface area contributed by atoms with Crippen LogP contribution in [0.4, 0.5) is 4.39 Å². The van der Waals surface area contributed by atoms with Crippen LogP contribution < -0.4 is 0 Å². The molecule has 0 saturated carbocycles. The van der Waals surface area contributed by atoms with E-state index in [2.05, 4.69) is 38.5 Å². The second kappa shape index (κ2) is 5.67. The van der Waals surface area contributed by atoms with Gasteiger partial charge in [0.05, 0.1) is 4.47 Å². The zero-order valence-corrected chi connectivity index (χ0v) is 13.4. The van der Waals surface area contributed by atoms with Gasteiger partial charge in [0.2, 0.25) is 0 Å². The summed E-state index contributed by atoms with van der Waals surface area (Å²) in [7, 11) is 0. The van der Waals surface area contributed by atoms with Crippen LogP contribution in [0.5, 0.6) is 0 Å². The highest BCUT2D eigenvalue weighted by Gasteiger charge is 2.14. The Balaban J connectivity index is 2.47. The largest absolute Gasteiger partial charge is 0.289 e. The van der Waals surface area contributed by atoms with Crippen LogP contribution in [0.25, 0.3) is 0 Å². The maximum Gasteiger partial charge on any atom is 0.194 e. The predicted octanol–water partition coefficient (Wildman–Crippen LogP) is 5.08. The molecule has 0 N–H and O–H groups in total. The fraction of sp³-hybridized carbons (Fsp3) is 0. The Morgan fingerprint density at radius 2 is 1.94 bits per heavy atom. The van der Waals surface area contributed by atoms with Gasteiger partial charge < -0.3 is 0 Å². The van der Waals surface area contributed by atoms with Crippen molar-refractivity contribution in [3.05, 3.63) is 66.4 Å². The number of rotatable bonds is 2. The Labute approximate surface area is 131 Å². The lowest BCUT2D eigenvalue weighted by Gasteiger charge is -2.05. The van der Waals surface area contributed by atoms with Gasteiger partial charge in [0.1, 0.15) is 5.82 Å². The van der Waals surface area contributed by atoms with Crippen LogP contribution in [0.1, 0.15) is 15.9 Å². The Morgan fingerprint density at radius 1 is 1.22 bits per heavy atom. The van der Waals surface area contributed by atoms with Crippen molar-refractivity contribution in [1.29, 1.82) is 0 Å². The molecular formula is C13H6BrClFIO. The van der Waals surface area contributed by atoms with E-state index in [0.29, 0.717) is 16.1 Å². The third kappa shape index (κ3) is 2.92. The summed E-state index contributed by atoms with van der Waals surface area (Å²) in [6.07, 6.45) is 0. The third-order valence-corrected chi connectivity index (χ3v) is 4.14. The molecule has 5 heteroatoms. The van der Waals surface area contributed by atoms with E-state index in [9.17, 15) is 9.18 Å². The smallest absolute Gasteiger partial charge is 0.194 e. The van der Waals surface area contributed by atoms with E-state index in [4.69, 9.17) is 11.6 Å². The lowest BCUT2D eigenvalue weighted by molar-refractivity contribution is 0.103. The molecule has 0 aliphatic carbocycles. The van der Waals surface area contributed by atoms with Crippen molar-refractivity contribution in [2.75, 3.05) is 0 Å². The summed E-state index contributed by atoms with van der Waals surface area (Å²) in [6, 6.07) is 9.29. The first-order chi connectivity index (χ1) is 8.49. The maximum absolute atomic E-state index is 13.1. The van der Waals surface area contributed by atoms with E-state index >= 15 is 0 Å². The average Bonchev–Trinajstić information content (AvgIpc) is 2.35. The summed E-state index contributed by atoms with van der Waals surface area (Å²) in [5, 5.41) is 0.500. The average molecular weight is 439 g/mol. The quantitative estimate of drug-likeness (QED) is 0.471. The molecule has 0 spiro atoms. The van der Waals surface area contributed by atoms with Gasteiger partial charge in [-0.25, -0.2) is 4.39 Å². The van der Waals surface area contributed by atoms with Gasteiger partial charge >= 0.3 is 0 Å². The van der Waals surface area contributed by atoms with Gasteiger partial charge in [0.25, 0.3) is 0 Å². The lowest BCUT2D eigenvalue weighted by Crippen LogP contribution is -2.04. The molecular weight excluding hydrogens is 433 g/mol. The molecule has 0 unspecified atom stereocenters. The van der Waals surface area contributed by atoms with Crippen LogP contribution in [0.2, 0.25) is 5.02 Å². The summed E-state index contributed by atoms with van der Waals surface area (Å²) < 4.78 is 14.2. The summed E-state index contributed by atoms with van der Waals surface area (Å²) in [5.41, 5.74) is 0.935. The van der Waals surface area contributed by atoms with Crippen molar-refractivity contribution in [3.8, 4) is 0 Å². The zero-order chi connectivity index (χ0) is 13.3. The molecule has 0 aromatic heterocycles. The monoisotopic (exact) mass is 438 g/mol. The molecule has 0 saturated heterocycles. The summed E-state index contributed by atoms with van der Waals surface area (Å²) >= 11 is 11.0. The van der Waals surface area contributed by atoms with Crippen LogP contribution in [0, 0.1) is 9.39 Å². The number of hydrogen-bond acceptors (Lipinski definition) is 1. The minimum atomic E-state index is -0.396. The van der Waals surface area contributed by atoms with Gasteiger partial charge in [0, 0.05) is 19.7 Å². The van der Waals surface area contributed by atoms with E-state index < -0.39 is 5.82 Å². The van der Waals surface area contributed by atoms with Crippen LogP contribution in [0.15, 0.2) is 40.9 Å². The molecule has 2 aromatic carbocycles. The van der Waals surface area contributed by atoms with Gasteiger partial charge in [-0.1, -0.05) is 11.6 Å². The first kappa shape index (κ1) is 14.0. The van der Waals surface area contributed by atoms with E-state index in [0.717, 1.165) is 3.57 Å². The highest BCUT2D eigenvalue weighted by molar-refractivity contribution is 14.1. The van der Waals surface area contributed by atoms with Crippen LogP contribution in [-0.2, 0) is 0 Å². The van der Waals surface area contributed by atoms with E-state index in [1.54, 1.807) is 18.2 Å². The lowest BCUT2D eigenvalue weighted by atomic mass is 10.0. The van der Waals surface area contributed by atoms with Crippen molar-refractivity contribution in [2.45, 2.75) is 0 Å². The van der Waals surface area contributed by atoms with Crippen LogP contribution >= 0.6 is 50.1 Å². The van der Waals surface area contributed by atoms with Crippen LogP contribution in [0.3, 0.4) is 0 Å². The Bertz CT molecular complexity index is 630. The number of benzene rings is 2. The predicted molar refractivity (Wildman–Crippen MR) is 81.7 cm³/mol. The number of carbonyl (C=O) groups excluding carboxylic acids is 1. The molecule has 92 valence electrons. The van der Waals surface area contributed by atoms with Crippen molar-refractivity contribution in [1.82, 2.24) is 0 Å². The van der Waals surface area contributed by atoms with Gasteiger partial charge in [0.15, 0.2) is 5.78 Å². The van der Waals surface area contributed by atoms with Gasteiger partial charge in [-0.3, -0.25) is 4.79 Å². The van der Waals surface area contributed by atoms with Crippen molar-refractivity contribution >= 4 is 55.9 Å². The second-order valence-corrected chi connectivity index (χ2v) is 6.04. The Hall–Kier alpha value is -0.460. The van der Waals surface area contributed by atoms with E-state index in [1.165, 1.54) is 18.2 Å². The first-order valence-corrected chi connectivity index (χ1v) is 7.19. The topological polar surface area (TPSA) is 17.1 Å². The second-order valence-electron chi connectivity index (χ2n) is 3.58. The number of carbonyl (C=O) groups is 1. The molecule has 2 aromatic rings. The molecule has 0 heterocycles. The standard InChI is InChI=1S/C13H6BrClFIO/c14-10-5-7(1-3-11(10)16)13(18)9-6-8(15)2-4-12(9)17/h1-6H. The SMILES string of the molecule is O=C(c1ccc(F)c(Br)c1)c1cc(Cl)ccc1I. The molecule has 0 atom stereocenters. The van der Waals surface area contributed by atoms with E-state index in [-0.39, 0.29) is 10.3 Å². The molecule has 2 rings (SSSR count). The number of hydrogen-bond donors (Lipinski definition) is 0. The fourth-order valence-electron chi connectivity index (χ4n) is 1.46. The minimum absolute atomic E-state index is 0.178. The normalized spacial score (nSPS) is 10.4. The first-order valence-electron chi connectivity index (χ1n) is 4.94. The maximum atomic E-state index is 13.1. The Morgan fingerprint density at radius 3 is 2.61 bits per heavy atom. The molecule has 0 bridgehead atoms. The van der Waals surface area contributed by atoms with Crippen molar-refractivity contribution < 1.29 is 9.18 Å². The van der Waals surface area contributed by atoms with Gasteiger partial charge in [-0.05, 0) is 74.9 Å². The molecule has 0 radical (unpaired) electrons. The molecule has 0 aliphatic rings. The minimum Gasteiger partial charge on any atom is -0.289 e. The number of ketones is 1. The third-order valence-electron chi connectivity index (χ3n) is 2.35. The Kier molecular flexibility index (Phi) is 4.40. The van der Waals surface area contributed by atoms with Crippen LogP contribution in [-0.4, -0.2) is 5.78 Å². The summed E-state index contributed by atoms with van der Waals surface area (Å²) in [4.78, 5) is 12.3. The van der Waals surface area contributed by atoms with Crippen molar-refractivity contribution in [3.63, 3.8) is 0 Å². The summed E-state index contributed by atoms with van der Waals surface area (Å²) in [6.45, 7) is 0. The molecule has 0 amide bonds. The zero-order valence-electron chi connectivity index (χ0n) is 8.88. The fourth-order valence-corrected chi connectivity index (χ4v) is 2.60. The molecule has 1 nitrogen and oxygen atoms in total.